The standard InChI is InChI=1S/C42H34P2.2CHF3O3S/c1-7-19-35(20-8-1)43(36-21-9-2-10-22-36,37-23-11-3-12-24-37)41-31-33-42(34-32-41)44(38-25-13-4-14-26-38,39-27-15-5-16-28-39)40-29-17-6-18-30-40;2*2-1(3,4)8(5,6)7/h1-34H;2*(H,5,6,7)/q+2;;/p-2. The lowest BCUT2D eigenvalue weighted by atomic mass is 10.3. The van der Waals surface area contributed by atoms with Gasteiger partial charge in [0.1, 0.15) is 57.0 Å². The van der Waals surface area contributed by atoms with Crippen LogP contribution in [0.1, 0.15) is 0 Å². The summed E-state index contributed by atoms with van der Waals surface area (Å²) < 4.78 is 118. The Bertz CT molecular complexity index is 2260. The SMILES string of the molecule is O=S(=O)([O-])C(F)(F)F.O=S(=O)([O-])C(F)(F)F.c1ccc([P+](c2ccccc2)(c2ccccc2)c2ccc([P+](c3ccccc3)(c3ccccc3)c3ccccc3)cc2)cc1. The first-order chi connectivity index (χ1) is 28.3. The molecule has 6 nitrogen and oxygen atoms in total. The molecule has 0 N–H and O–H groups in total. The van der Waals surface area contributed by atoms with Gasteiger partial charge in [-0.2, -0.15) is 26.3 Å². The second-order valence-electron chi connectivity index (χ2n) is 12.7. The molecule has 0 radical (unpaired) electrons. The van der Waals surface area contributed by atoms with Crippen molar-refractivity contribution in [2.45, 2.75) is 11.0 Å². The molecule has 60 heavy (non-hydrogen) atoms. The highest BCUT2D eigenvalue weighted by atomic mass is 32.2. The molecular weight excluding hydrogens is 865 g/mol. The lowest BCUT2D eigenvalue weighted by Crippen LogP contribution is -2.41. The minimum atomic E-state index is -6.09. The summed E-state index contributed by atoms with van der Waals surface area (Å²) in [5.74, 6) is 0. The van der Waals surface area contributed by atoms with E-state index in [0.717, 1.165) is 0 Å². The summed E-state index contributed by atoms with van der Waals surface area (Å²) in [7, 11) is -16.5. The molecule has 0 heterocycles. The van der Waals surface area contributed by atoms with Crippen LogP contribution in [-0.2, 0) is 20.2 Å². The van der Waals surface area contributed by atoms with Crippen molar-refractivity contribution >= 4 is 77.2 Å². The zero-order valence-electron chi connectivity index (χ0n) is 31.1. The third-order valence-electron chi connectivity index (χ3n) is 9.05. The fraction of sp³-hybridized carbons (Fsp3) is 0.0455. The van der Waals surface area contributed by atoms with E-state index in [2.05, 4.69) is 206 Å². The van der Waals surface area contributed by atoms with Crippen LogP contribution in [-0.4, -0.2) is 37.0 Å². The number of rotatable bonds is 8. The summed E-state index contributed by atoms with van der Waals surface area (Å²) in [5, 5.41) is 10.9. The van der Waals surface area contributed by atoms with Gasteiger partial charge in [-0.25, -0.2) is 16.8 Å². The third-order valence-corrected chi connectivity index (χ3v) is 18.8. The molecule has 0 aliphatic carbocycles. The fourth-order valence-corrected chi connectivity index (χ4v) is 15.1. The van der Waals surface area contributed by atoms with Crippen molar-refractivity contribution in [2.24, 2.45) is 0 Å². The van der Waals surface area contributed by atoms with Crippen molar-refractivity contribution in [3.05, 3.63) is 206 Å². The highest BCUT2D eigenvalue weighted by Gasteiger charge is 2.51. The van der Waals surface area contributed by atoms with Crippen LogP contribution in [0.2, 0.25) is 0 Å². The molecule has 0 spiro atoms. The van der Waals surface area contributed by atoms with E-state index < -0.39 is 45.8 Å². The van der Waals surface area contributed by atoms with E-state index in [-0.39, 0.29) is 0 Å². The molecule has 16 heteroatoms. The van der Waals surface area contributed by atoms with E-state index in [1.165, 1.54) is 42.4 Å². The Labute approximate surface area is 345 Å². The fourth-order valence-electron chi connectivity index (χ4n) is 6.60. The molecular formula is C44H34F6O6P2S2. The summed E-state index contributed by atoms with van der Waals surface area (Å²) in [4.78, 5) is 0. The highest BCUT2D eigenvalue weighted by Crippen LogP contribution is 2.56. The van der Waals surface area contributed by atoms with Crippen molar-refractivity contribution in [2.75, 3.05) is 0 Å². The molecule has 0 saturated carbocycles. The zero-order valence-corrected chi connectivity index (χ0v) is 34.5. The van der Waals surface area contributed by atoms with Crippen LogP contribution < -0.4 is 42.4 Å². The number of hydrogen-bond acceptors (Lipinski definition) is 6. The molecule has 0 saturated heterocycles. The van der Waals surface area contributed by atoms with E-state index >= 15 is 0 Å². The van der Waals surface area contributed by atoms with Gasteiger partial charge < -0.3 is 9.11 Å². The van der Waals surface area contributed by atoms with Crippen molar-refractivity contribution in [1.29, 1.82) is 0 Å². The van der Waals surface area contributed by atoms with Crippen LogP contribution in [0.25, 0.3) is 0 Å². The van der Waals surface area contributed by atoms with Gasteiger partial charge in [-0.15, -0.1) is 0 Å². The lowest BCUT2D eigenvalue weighted by Gasteiger charge is -2.29. The van der Waals surface area contributed by atoms with Gasteiger partial charge in [-0.3, -0.25) is 0 Å². The molecule has 310 valence electrons. The molecule has 0 aliphatic heterocycles. The van der Waals surface area contributed by atoms with Gasteiger partial charge >= 0.3 is 11.0 Å². The molecule has 0 amide bonds. The monoisotopic (exact) mass is 898 g/mol. The van der Waals surface area contributed by atoms with E-state index in [1.807, 2.05) is 0 Å². The van der Waals surface area contributed by atoms with Crippen molar-refractivity contribution in [1.82, 2.24) is 0 Å². The number of benzene rings is 7. The number of hydrogen-bond donors (Lipinski definition) is 0. The van der Waals surface area contributed by atoms with E-state index in [9.17, 15) is 26.3 Å². The van der Waals surface area contributed by atoms with Crippen LogP contribution in [0, 0.1) is 0 Å². The van der Waals surface area contributed by atoms with Gasteiger partial charge in [0.2, 0.25) is 0 Å². The minimum absolute atomic E-state index is 1.36. The van der Waals surface area contributed by atoms with E-state index in [1.54, 1.807) is 0 Å². The Morgan fingerprint density at radius 3 is 0.517 bits per heavy atom. The van der Waals surface area contributed by atoms with Crippen molar-refractivity contribution in [3.63, 3.8) is 0 Å². The van der Waals surface area contributed by atoms with Crippen LogP contribution in [0.5, 0.6) is 0 Å². The molecule has 0 atom stereocenters. The second kappa shape index (κ2) is 19.0. The summed E-state index contributed by atoms with van der Waals surface area (Å²) in [6, 6.07) is 76.4. The Morgan fingerprint density at radius 2 is 0.400 bits per heavy atom. The topological polar surface area (TPSA) is 114 Å². The molecule has 0 unspecified atom stereocenters. The van der Waals surface area contributed by atoms with E-state index in [4.69, 9.17) is 25.9 Å². The third kappa shape index (κ3) is 10.0. The lowest BCUT2D eigenvalue weighted by molar-refractivity contribution is -0.0522. The highest BCUT2D eigenvalue weighted by molar-refractivity contribution is 8.02. The smallest absolute Gasteiger partial charge is 0.485 e. The number of alkyl halides is 6. The molecule has 0 aromatic heterocycles. The van der Waals surface area contributed by atoms with Gasteiger partial charge in [0.15, 0.2) is 20.2 Å². The summed E-state index contributed by atoms with van der Waals surface area (Å²) in [5.41, 5.74) is -11.3. The quantitative estimate of drug-likeness (QED) is 0.0701. The van der Waals surface area contributed by atoms with Gasteiger partial charge in [0.05, 0.1) is 0 Å². The first-order valence-corrected chi connectivity index (χ1v) is 24.0. The maximum Gasteiger partial charge on any atom is 0.485 e. The minimum Gasteiger partial charge on any atom is -0.741 e. The van der Waals surface area contributed by atoms with Crippen LogP contribution in [0.4, 0.5) is 26.3 Å². The predicted molar refractivity (Wildman–Crippen MR) is 228 cm³/mol. The molecule has 7 rings (SSSR count). The maximum absolute atomic E-state index is 10.7. The first-order valence-electron chi connectivity index (χ1n) is 17.6. The van der Waals surface area contributed by atoms with Gasteiger partial charge in [-0.05, 0) is 97.1 Å². The molecule has 0 bridgehead atoms. The molecule has 0 fully saturated rings. The normalized spacial score (nSPS) is 12.3. The Hall–Kier alpha value is -5.20. The summed E-state index contributed by atoms with van der Waals surface area (Å²) in [6.45, 7) is 0. The first kappa shape index (κ1) is 45.9. The van der Waals surface area contributed by atoms with Gasteiger partial charge in [-0.1, -0.05) is 109 Å². The molecule has 7 aromatic rings. The molecule has 0 aliphatic rings. The molecule has 7 aromatic carbocycles. The average Bonchev–Trinajstić information content (AvgIpc) is 3.23. The van der Waals surface area contributed by atoms with Crippen LogP contribution >= 0.6 is 14.5 Å². The predicted octanol–water partition coefficient (Wildman–Crippen LogP) is 7.03. The van der Waals surface area contributed by atoms with Gasteiger partial charge in [0, 0.05) is 0 Å². The Morgan fingerprint density at radius 1 is 0.283 bits per heavy atom. The van der Waals surface area contributed by atoms with Crippen molar-refractivity contribution < 1.29 is 52.3 Å². The van der Waals surface area contributed by atoms with Crippen molar-refractivity contribution in [3.8, 4) is 0 Å². The van der Waals surface area contributed by atoms with E-state index in [0.29, 0.717) is 0 Å². The average molecular weight is 899 g/mol. The van der Waals surface area contributed by atoms with Crippen LogP contribution in [0.15, 0.2) is 206 Å². The van der Waals surface area contributed by atoms with Crippen LogP contribution in [0.3, 0.4) is 0 Å². The Kier molecular flexibility index (Phi) is 14.5. The summed E-state index contributed by atoms with van der Waals surface area (Å²) >= 11 is 0. The Balaban J connectivity index is 0.000000362. The largest absolute Gasteiger partial charge is 0.741 e. The van der Waals surface area contributed by atoms with Gasteiger partial charge in [0.25, 0.3) is 0 Å². The maximum atomic E-state index is 10.7. The number of halogens is 6. The zero-order chi connectivity index (χ0) is 43.7. The summed E-state index contributed by atoms with van der Waals surface area (Å²) in [6.07, 6.45) is 0. The second-order valence-corrected chi connectivity index (χ2v) is 22.2.